The molecule has 1 aromatic carbocycles. The predicted octanol–water partition coefficient (Wildman–Crippen LogP) is 2.22. The molecule has 0 unspecified atom stereocenters. The number of hydrogen-bond donors (Lipinski definition) is 1. The summed E-state index contributed by atoms with van der Waals surface area (Å²) in [6.45, 7) is 4.23. The van der Waals surface area contributed by atoms with Gasteiger partial charge in [-0.1, -0.05) is 28.9 Å². The average Bonchev–Trinajstić information content (AvgIpc) is 2.23. The van der Waals surface area contributed by atoms with Gasteiger partial charge in [0.05, 0.1) is 13.2 Å². The number of rotatable bonds is 3. The van der Waals surface area contributed by atoms with Crippen LogP contribution in [0.3, 0.4) is 0 Å². The van der Waals surface area contributed by atoms with Crippen LogP contribution in [-0.2, 0) is 4.74 Å². The van der Waals surface area contributed by atoms with Crippen LogP contribution >= 0.6 is 15.9 Å². The summed E-state index contributed by atoms with van der Waals surface area (Å²) < 4.78 is 6.05. The molecule has 16 heavy (non-hydrogen) atoms. The largest absolute Gasteiger partial charge is 0.380 e. The van der Waals surface area contributed by atoms with Crippen molar-refractivity contribution in [3.8, 4) is 0 Å². The Kier molecular flexibility index (Phi) is 3.30. The third kappa shape index (κ3) is 2.62. The Balaban J connectivity index is 1.93. The summed E-state index contributed by atoms with van der Waals surface area (Å²) >= 11 is 3.35. The zero-order valence-electron chi connectivity index (χ0n) is 9.13. The summed E-state index contributed by atoms with van der Waals surface area (Å²) in [5, 5.41) is 2.93. The van der Waals surface area contributed by atoms with E-state index in [0.717, 1.165) is 17.7 Å². The summed E-state index contributed by atoms with van der Waals surface area (Å²) in [6.07, 6.45) is 0. The van der Waals surface area contributed by atoms with Crippen LogP contribution in [0, 0.1) is 5.41 Å². The number of hydrogen-bond acceptors (Lipinski definition) is 2. The zero-order chi connectivity index (χ0) is 11.6. The lowest BCUT2D eigenvalue weighted by Crippen LogP contribution is -2.48. The molecule has 0 bridgehead atoms. The van der Waals surface area contributed by atoms with Gasteiger partial charge < -0.3 is 10.1 Å². The van der Waals surface area contributed by atoms with Gasteiger partial charge in [-0.05, 0) is 18.2 Å². The van der Waals surface area contributed by atoms with Crippen LogP contribution < -0.4 is 5.32 Å². The summed E-state index contributed by atoms with van der Waals surface area (Å²) in [4.78, 5) is 11.8. The molecule has 0 atom stereocenters. The van der Waals surface area contributed by atoms with Crippen LogP contribution in [0.2, 0.25) is 0 Å². The first-order valence-corrected chi connectivity index (χ1v) is 6.00. The van der Waals surface area contributed by atoms with E-state index < -0.39 is 0 Å². The van der Waals surface area contributed by atoms with Crippen LogP contribution in [0.25, 0.3) is 0 Å². The first kappa shape index (κ1) is 11.6. The van der Waals surface area contributed by atoms with Crippen molar-refractivity contribution in [2.45, 2.75) is 6.92 Å². The fourth-order valence-electron chi connectivity index (χ4n) is 1.58. The van der Waals surface area contributed by atoms with Crippen LogP contribution in [0.15, 0.2) is 28.7 Å². The molecule has 1 N–H and O–H groups in total. The lowest BCUT2D eigenvalue weighted by atomic mass is 9.89. The Labute approximate surface area is 103 Å². The minimum Gasteiger partial charge on any atom is -0.380 e. The van der Waals surface area contributed by atoms with Crippen molar-refractivity contribution in [3.63, 3.8) is 0 Å². The SMILES string of the molecule is CC1(CNC(=O)c2cccc(Br)c2)COC1. The Morgan fingerprint density at radius 2 is 2.31 bits per heavy atom. The molecular weight excluding hydrogens is 270 g/mol. The Bertz CT molecular complexity index is 402. The topological polar surface area (TPSA) is 38.3 Å². The van der Waals surface area contributed by atoms with Gasteiger partial charge in [-0.2, -0.15) is 0 Å². The molecule has 0 spiro atoms. The van der Waals surface area contributed by atoms with Gasteiger partial charge in [0, 0.05) is 22.0 Å². The molecule has 1 saturated heterocycles. The number of halogens is 1. The van der Waals surface area contributed by atoms with Crippen molar-refractivity contribution in [2.24, 2.45) is 5.41 Å². The second kappa shape index (κ2) is 4.55. The van der Waals surface area contributed by atoms with Gasteiger partial charge in [0.2, 0.25) is 0 Å². The van der Waals surface area contributed by atoms with Gasteiger partial charge in [-0.25, -0.2) is 0 Å². The van der Waals surface area contributed by atoms with Crippen molar-refractivity contribution in [3.05, 3.63) is 34.3 Å². The Morgan fingerprint density at radius 1 is 1.56 bits per heavy atom. The van der Waals surface area contributed by atoms with E-state index in [9.17, 15) is 4.79 Å². The molecule has 1 fully saturated rings. The number of ether oxygens (including phenoxy) is 1. The fourth-order valence-corrected chi connectivity index (χ4v) is 1.98. The second-order valence-corrected chi connectivity index (χ2v) is 5.41. The molecule has 1 aliphatic heterocycles. The minimum atomic E-state index is -0.0329. The van der Waals surface area contributed by atoms with Gasteiger partial charge in [0.1, 0.15) is 0 Å². The molecule has 1 aliphatic rings. The average molecular weight is 284 g/mol. The van der Waals surface area contributed by atoms with Crippen molar-refractivity contribution in [1.29, 1.82) is 0 Å². The molecule has 86 valence electrons. The molecule has 4 heteroatoms. The van der Waals surface area contributed by atoms with Crippen LogP contribution in [-0.4, -0.2) is 25.7 Å². The highest BCUT2D eigenvalue weighted by molar-refractivity contribution is 9.10. The van der Waals surface area contributed by atoms with Gasteiger partial charge in [-0.3, -0.25) is 4.79 Å². The smallest absolute Gasteiger partial charge is 0.251 e. The molecule has 0 radical (unpaired) electrons. The quantitative estimate of drug-likeness (QED) is 0.924. The maximum atomic E-state index is 11.8. The third-order valence-corrected chi connectivity index (χ3v) is 3.16. The minimum absolute atomic E-state index is 0.0329. The number of carbonyl (C=O) groups excluding carboxylic acids is 1. The van der Waals surface area contributed by atoms with Gasteiger partial charge in [0.25, 0.3) is 5.91 Å². The summed E-state index contributed by atoms with van der Waals surface area (Å²) in [5.41, 5.74) is 0.792. The van der Waals surface area contributed by atoms with Crippen LogP contribution in [0.4, 0.5) is 0 Å². The van der Waals surface area contributed by atoms with Gasteiger partial charge >= 0.3 is 0 Å². The van der Waals surface area contributed by atoms with E-state index in [4.69, 9.17) is 4.74 Å². The van der Waals surface area contributed by atoms with Crippen LogP contribution in [0.5, 0.6) is 0 Å². The third-order valence-electron chi connectivity index (χ3n) is 2.66. The second-order valence-electron chi connectivity index (χ2n) is 4.50. The maximum absolute atomic E-state index is 11.8. The fraction of sp³-hybridized carbons (Fsp3) is 0.417. The molecule has 0 saturated carbocycles. The first-order chi connectivity index (χ1) is 7.59. The highest BCUT2D eigenvalue weighted by atomic mass is 79.9. The van der Waals surface area contributed by atoms with E-state index in [-0.39, 0.29) is 11.3 Å². The summed E-state index contributed by atoms with van der Waals surface area (Å²) in [7, 11) is 0. The van der Waals surface area contributed by atoms with E-state index in [1.54, 1.807) is 6.07 Å². The van der Waals surface area contributed by atoms with E-state index in [1.807, 2.05) is 18.2 Å². The van der Waals surface area contributed by atoms with Crippen molar-refractivity contribution >= 4 is 21.8 Å². The van der Waals surface area contributed by atoms with Gasteiger partial charge in [0.15, 0.2) is 0 Å². The predicted molar refractivity (Wildman–Crippen MR) is 65.4 cm³/mol. The lowest BCUT2D eigenvalue weighted by Gasteiger charge is -2.38. The summed E-state index contributed by atoms with van der Waals surface area (Å²) in [6, 6.07) is 7.37. The first-order valence-electron chi connectivity index (χ1n) is 5.21. The molecule has 0 aromatic heterocycles. The number of nitrogens with one attached hydrogen (secondary N) is 1. The monoisotopic (exact) mass is 283 g/mol. The highest BCUT2D eigenvalue weighted by Gasteiger charge is 2.33. The number of carbonyl (C=O) groups is 1. The normalized spacial score (nSPS) is 17.6. The molecular formula is C12H14BrNO2. The zero-order valence-corrected chi connectivity index (χ0v) is 10.7. The molecule has 0 aliphatic carbocycles. The van der Waals surface area contributed by atoms with E-state index in [2.05, 4.69) is 28.2 Å². The van der Waals surface area contributed by atoms with Crippen molar-refractivity contribution < 1.29 is 9.53 Å². The molecule has 1 amide bonds. The van der Waals surface area contributed by atoms with Crippen molar-refractivity contribution in [2.75, 3.05) is 19.8 Å². The number of benzene rings is 1. The molecule has 1 heterocycles. The van der Waals surface area contributed by atoms with E-state index in [1.165, 1.54) is 0 Å². The van der Waals surface area contributed by atoms with Crippen molar-refractivity contribution in [1.82, 2.24) is 5.32 Å². The van der Waals surface area contributed by atoms with Crippen LogP contribution in [0.1, 0.15) is 17.3 Å². The highest BCUT2D eigenvalue weighted by Crippen LogP contribution is 2.25. The summed E-state index contributed by atoms with van der Waals surface area (Å²) in [5.74, 6) is -0.0329. The van der Waals surface area contributed by atoms with E-state index in [0.29, 0.717) is 12.1 Å². The maximum Gasteiger partial charge on any atom is 0.251 e. The molecule has 3 nitrogen and oxygen atoms in total. The van der Waals surface area contributed by atoms with Gasteiger partial charge in [-0.15, -0.1) is 0 Å². The number of amides is 1. The lowest BCUT2D eigenvalue weighted by molar-refractivity contribution is -0.0978. The molecule has 2 rings (SSSR count). The van der Waals surface area contributed by atoms with E-state index >= 15 is 0 Å². The molecule has 1 aromatic rings. The Morgan fingerprint density at radius 3 is 2.88 bits per heavy atom. The Hall–Kier alpha value is -0.870. The standard InChI is InChI=1S/C12H14BrNO2/c1-12(7-16-8-12)6-14-11(15)9-3-2-4-10(13)5-9/h2-5H,6-8H2,1H3,(H,14,15).